The van der Waals surface area contributed by atoms with Crippen LogP contribution in [0.1, 0.15) is 37.2 Å². The third-order valence-corrected chi connectivity index (χ3v) is 6.82. The van der Waals surface area contributed by atoms with Gasteiger partial charge in [-0.15, -0.1) is 0 Å². The molecule has 0 amide bonds. The van der Waals surface area contributed by atoms with E-state index in [-0.39, 0.29) is 11.6 Å². The summed E-state index contributed by atoms with van der Waals surface area (Å²) in [6.45, 7) is 5.01. The molecule has 0 aromatic carbocycles. The van der Waals surface area contributed by atoms with E-state index in [1.165, 1.54) is 6.26 Å². The van der Waals surface area contributed by atoms with Gasteiger partial charge in [0.25, 0.3) is 0 Å². The minimum absolute atomic E-state index is 0.0238. The number of aryl methyl sites for hydroxylation is 1. The van der Waals surface area contributed by atoms with Crippen LogP contribution in [-0.2, 0) is 21.3 Å². The van der Waals surface area contributed by atoms with Crippen molar-refractivity contribution in [2.24, 2.45) is 0 Å². The van der Waals surface area contributed by atoms with Gasteiger partial charge in [-0.2, -0.15) is 4.31 Å². The van der Waals surface area contributed by atoms with Crippen LogP contribution in [0.25, 0.3) is 0 Å². The highest BCUT2D eigenvalue weighted by molar-refractivity contribution is 7.88. The fraction of sp³-hybridized carbons (Fsp3) is 0.765. The molecule has 0 unspecified atom stereocenters. The minimum Gasteiger partial charge on any atom is -0.465 e. The molecule has 0 N–H and O–H groups in total. The summed E-state index contributed by atoms with van der Waals surface area (Å²) in [7, 11) is -1.60. The number of furan rings is 1. The molecule has 2 aliphatic heterocycles. The van der Waals surface area contributed by atoms with Crippen molar-refractivity contribution >= 4 is 10.0 Å². The van der Waals surface area contributed by atoms with Crippen molar-refractivity contribution in [3.63, 3.8) is 0 Å². The molecule has 0 bridgehead atoms. The van der Waals surface area contributed by atoms with Crippen molar-refractivity contribution in [2.45, 2.75) is 50.7 Å². The number of nitrogens with zero attached hydrogens (tertiary/aromatic N) is 2. The van der Waals surface area contributed by atoms with Crippen LogP contribution in [0.15, 0.2) is 16.5 Å². The molecule has 0 saturated carbocycles. The number of sulfonamides is 1. The lowest BCUT2D eigenvalue weighted by molar-refractivity contribution is 0.0633. The summed E-state index contributed by atoms with van der Waals surface area (Å²) in [4.78, 5) is 2.35. The second-order valence-corrected chi connectivity index (χ2v) is 9.08. The first kappa shape index (κ1) is 17.9. The van der Waals surface area contributed by atoms with Crippen LogP contribution in [0.2, 0.25) is 0 Å². The molecule has 2 saturated heterocycles. The van der Waals surface area contributed by atoms with E-state index in [4.69, 9.17) is 9.15 Å². The van der Waals surface area contributed by atoms with E-state index < -0.39 is 10.0 Å². The Morgan fingerprint density at radius 3 is 2.54 bits per heavy atom. The zero-order chi connectivity index (χ0) is 17.4. The number of rotatable bonds is 5. The van der Waals surface area contributed by atoms with Crippen LogP contribution in [0.3, 0.4) is 0 Å². The van der Waals surface area contributed by atoms with Gasteiger partial charge in [0.15, 0.2) is 0 Å². The predicted molar refractivity (Wildman–Crippen MR) is 92.3 cm³/mol. The average Bonchev–Trinajstić information content (AvgIpc) is 3.06. The fourth-order valence-electron chi connectivity index (χ4n) is 4.40. The van der Waals surface area contributed by atoms with Gasteiger partial charge >= 0.3 is 0 Å². The minimum atomic E-state index is -3.24. The zero-order valence-corrected chi connectivity index (χ0v) is 15.6. The number of hydrogen-bond donors (Lipinski definition) is 0. The molecule has 1 aromatic rings. The number of likely N-dealkylation sites (tertiary alicyclic amines) is 1. The molecule has 2 aliphatic rings. The molecular formula is C17H28N2O4S. The number of hydrogen-bond acceptors (Lipinski definition) is 5. The highest BCUT2D eigenvalue weighted by Gasteiger charge is 2.51. The van der Waals surface area contributed by atoms with Gasteiger partial charge in [-0.3, -0.25) is 4.90 Å². The lowest BCUT2D eigenvalue weighted by Gasteiger charge is -2.45. The van der Waals surface area contributed by atoms with Gasteiger partial charge in [-0.25, -0.2) is 8.42 Å². The standard InChI is InChI=1S/C17H28N2O4S/c1-14-4-5-16(23-14)12-18-10-8-17(9-11-18)7-6-15(13-22-2)19(17)24(3,20)21/h4-5,15H,6-13H2,1-3H3/t15-/m1/s1. The van der Waals surface area contributed by atoms with Gasteiger partial charge in [0.2, 0.25) is 10.0 Å². The maximum atomic E-state index is 12.4. The lowest BCUT2D eigenvalue weighted by Crippen LogP contribution is -2.56. The maximum absolute atomic E-state index is 12.4. The van der Waals surface area contributed by atoms with Gasteiger partial charge in [0.05, 0.1) is 19.4 Å². The summed E-state index contributed by atoms with van der Waals surface area (Å²) in [5, 5.41) is 0. The molecule has 136 valence electrons. The van der Waals surface area contributed by atoms with Gasteiger partial charge in [0, 0.05) is 31.8 Å². The van der Waals surface area contributed by atoms with Crippen LogP contribution in [0, 0.1) is 6.92 Å². The molecule has 1 spiro atoms. The molecule has 24 heavy (non-hydrogen) atoms. The molecule has 3 rings (SSSR count). The average molecular weight is 356 g/mol. The fourth-order valence-corrected chi connectivity index (χ4v) is 6.09. The van der Waals surface area contributed by atoms with E-state index in [1.54, 1.807) is 11.4 Å². The van der Waals surface area contributed by atoms with Crippen LogP contribution in [-0.4, -0.2) is 62.3 Å². The normalized spacial score (nSPS) is 25.5. The summed E-state index contributed by atoms with van der Waals surface area (Å²) in [5.41, 5.74) is -0.230. The summed E-state index contributed by atoms with van der Waals surface area (Å²) >= 11 is 0. The molecule has 0 aliphatic carbocycles. The van der Waals surface area contributed by atoms with Gasteiger partial charge in [0.1, 0.15) is 11.5 Å². The quantitative estimate of drug-likeness (QED) is 0.807. The van der Waals surface area contributed by atoms with Crippen molar-refractivity contribution in [2.75, 3.05) is 33.1 Å². The second kappa shape index (κ2) is 6.78. The Morgan fingerprint density at radius 2 is 2.00 bits per heavy atom. The van der Waals surface area contributed by atoms with Gasteiger partial charge in [-0.1, -0.05) is 0 Å². The Kier molecular flexibility index (Phi) is 5.06. The van der Waals surface area contributed by atoms with Crippen molar-refractivity contribution in [3.05, 3.63) is 23.7 Å². The van der Waals surface area contributed by atoms with Crippen molar-refractivity contribution in [1.29, 1.82) is 0 Å². The van der Waals surface area contributed by atoms with Gasteiger partial charge < -0.3 is 9.15 Å². The van der Waals surface area contributed by atoms with E-state index in [0.717, 1.165) is 56.8 Å². The van der Waals surface area contributed by atoms with Crippen LogP contribution in [0.5, 0.6) is 0 Å². The Hall–Kier alpha value is -0.890. The molecule has 6 nitrogen and oxygen atoms in total. The third kappa shape index (κ3) is 3.54. The smallest absolute Gasteiger partial charge is 0.212 e. The maximum Gasteiger partial charge on any atom is 0.212 e. The molecule has 7 heteroatoms. The van der Waals surface area contributed by atoms with Crippen LogP contribution < -0.4 is 0 Å². The molecule has 3 heterocycles. The first-order chi connectivity index (χ1) is 11.3. The number of methoxy groups -OCH3 is 1. The SMILES string of the molecule is COC[C@H]1CCC2(CCN(Cc3ccc(C)o3)CC2)N1S(C)(=O)=O. The lowest BCUT2D eigenvalue weighted by atomic mass is 9.86. The molecule has 0 radical (unpaired) electrons. The summed E-state index contributed by atoms with van der Waals surface area (Å²) < 4.78 is 37.5. The van der Waals surface area contributed by atoms with Crippen LogP contribution in [0.4, 0.5) is 0 Å². The topological polar surface area (TPSA) is 63.0 Å². The van der Waals surface area contributed by atoms with Crippen molar-refractivity contribution < 1.29 is 17.6 Å². The Labute approximate surface area is 144 Å². The number of ether oxygens (including phenoxy) is 1. The zero-order valence-electron chi connectivity index (χ0n) is 14.8. The summed E-state index contributed by atoms with van der Waals surface area (Å²) in [6.07, 6.45) is 4.90. The van der Waals surface area contributed by atoms with E-state index in [2.05, 4.69) is 4.90 Å². The predicted octanol–water partition coefficient (Wildman–Crippen LogP) is 1.99. The van der Waals surface area contributed by atoms with E-state index in [9.17, 15) is 8.42 Å². The van der Waals surface area contributed by atoms with Gasteiger partial charge in [-0.05, 0) is 44.7 Å². The summed E-state index contributed by atoms with van der Waals surface area (Å²) in [5.74, 6) is 1.91. The monoisotopic (exact) mass is 356 g/mol. The van der Waals surface area contributed by atoms with E-state index >= 15 is 0 Å². The molecule has 1 aromatic heterocycles. The Morgan fingerprint density at radius 1 is 1.29 bits per heavy atom. The molecule has 2 fully saturated rings. The summed E-state index contributed by atoms with van der Waals surface area (Å²) in [6, 6.07) is 3.98. The Balaban J connectivity index is 1.69. The highest BCUT2D eigenvalue weighted by Crippen LogP contribution is 2.43. The number of piperidine rings is 1. The first-order valence-corrected chi connectivity index (χ1v) is 10.4. The third-order valence-electron chi connectivity index (χ3n) is 5.42. The van der Waals surface area contributed by atoms with E-state index in [1.807, 2.05) is 19.1 Å². The Bertz CT molecular complexity index is 662. The molecular weight excluding hydrogens is 328 g/mol. The van der Waals surface area contributed by atoms with E-state index in [0.29, 0.717) is 6.61 Å². The molecule has 1 atom stereocenters. The van der Waals surface area contributed by atoms with Crippen molar-refractivity contribution in [1.82, 2.24) is 9.21 Å². The van der Waals surface area contributed by atoms with Crippen molar-refractivity contribution in [3.8, 4) is 0 Å². The largest absolute Gasteiger partial charge is 0.465 e. The van der Waals surface area contributed by atoms with Crippen LogP contribution >= 0.6 is 0 Å². The highest BCUT2D eigenvalue weighted by atomic mass is 32.2. The first-order valence-electron chi connectivity index (χ1n) is 8.60. The second-order valence-electron chi connectivity index (χ2n) is 7.22.